The van der Waals surface area contributed by atoms with Crippen molar-refractivity contribution in [2.24, 2.45) is 0 Å². The average Bonchev–Trinajstić information content (AvgIpc) is 2.69. The minimum atomic E-state index is -0.229. The monoisotopic (exact) mass is 195 g/mol. The largest absolute Gasteiger partial charge is 0.497 e. The number of halogens is 1. The van der Waals surface area contributed by atoms with E-state index in [1.165, 1.54) is 6.07 Å². The van der Waals surface area contributed by atoms with Gasteiger partial charge in [0.2, 0.25) is 0 Å². The van der Waals surface area contributed by atoms with Crippen molar-refractivity contribution in [2.45, 2.75) is 18.9 Å². The minimum Gasteiger partial charge on any atom is -0.497 e. The van der Waals surface area contributed by atoms with Crippen molar-refractivity contribution in [3.05, 3.63) is 29.6 Å². The topological polar surface area (TPSA) is 21.3 Å². The molecule has 2 rings (SSSR count). The smallest absolute Gasteiger partial charge is 0.127 e. The van der Waals surface area contributed by atoms with Crippen LogP contribution >= 0.6 is 0 Å². The summed E-state index contributed by atoms with van der Waals surface area (Å²) in [6.45, 7) is 1.02. The third kappa shape index (κ3) is 1.87. The van der Waals surface area contributed by atoms with Gasteiger partial charge in [-0.1, -0.05) is 0 Å². The van der Waals surface area contributed by atoms with Gasteiger partial charge >= 0.3 is 0 Å². The third-order valence-electron chi connectivity index (χ3n) is 2.59. The van der Waals surface area contributed by atoms with Gasteiger partial charge in [-0.15, -0.1) is 0 Å². The summed E-state index contributed by atoms with van der Waals surface area (Å²) < 4.78 is 18.2. The molecule has 0 radical (unpaired) electrons. The van der Waals surface area contributed by atoms with Crippen LogP contribution in [-0.4, -0.2) is 13.7 Å². The highest BCUT2D eigenvalue weighted by atomic mass is 19.1. The van der Waals surface area contributed by atoms with Gasteiger partial charge in [-0.3, -0.25) is 0 Å². The zero-order chi connectivity index (χ0) is 9.97. The normalized spacial score (nSPS) is 21.1. The summed E-state index contributed by atoms with van der Waals surface area (Å²) in [5.74, 6) is 0.363. The Kier molecular flexibility index (Phi) is 2.68. The summed E-state index contributed by atoms with van der Waals surface area (Å²) in [6, 6.07) is 5.16. The van der Waals surface area contributed by atoms with Gasteiger partial charge in [0, 0.05) is 12.1 Å². The summed E-state index contributed by atoms with van der Waals surface area (Å²) in [5, 5.41) is 3.33. The Morgan fingerprint density at radius 3 is 2.93 bits per heavy atom. The van der Waals surface area contributed by atoms with E-state index in [0.29, 0.717) is 11.8 Å². The zero-order valence-electron chi connectivity index (χ0n) is 8.22. The lowest BCUT2D eigenvalue weighted by Crippen LogP contribution is -2.13. The molecule has 14 heavy (non-hydrogen) atoms. The number of rotatable bonds is 2. The van der Waals surface area contributed by atoms with Gasteiger partial charge < -0.3 is 10.1 Å². The fourth-order valence-electron chi connectivity index (χ4n) is 1.87. The van der Waals surface area contributed by atoms with Crippen LogP contribution in [-0.2, 0) is 0 Å². The highest BCUT2D eigenvalue weighted by molar-refractivity contribution is 5.31. The van der Waals surface area contributed by atoms with Crippen molar-refractivity contribution in [2.75, 3.05) is 13.7 Å². The van der Waals surface area contributed by atoms with E-state index < -0.39 is 0 Å². The fraction of sp³-hybridized carbons (Fsp3) is 0.455. The van der Waals surface area contributed by atoms with Crippen molar-refractivity contribution in [3.63, 3.8) is 0 Å². The van der Waals surface area contributed by atoms with Gasteiger partial charge in [-0.05, 0) is 37.1 Å². The summed E-state index contributed by atoms with van der Waals surface area (Å²) in [7, 11) is 1.56. The lowest BCUT2D eigenvalue weighted by molar-refractivity contribution is 0.409. The van der Waals surface area contributed by atoms with Crippen LogP contribution in [0.2, 0.25) is 0 Å². The van der Waals surface area contributed by atoms with Gasteiger partial charge in [0.25, 0.3) is 0 Å². The van der Waals surface area contributed by atoms with Crippen LogP contribution < -0.4 is 10.1 Å². The Hall–Kier alpha value is -1.09. The highest BCUT2D eigenvalue weighted by Crippen LogP contribution is 2.26. The Morgan fingerprint density at radius 1 is 1.43 bits per heavy atom. The number of ether oxygens (including phenoxy) is 1. The molecule has 3 heteroatoms. The molecule has 2 nitrogen and oxygen atoms in total. The van der Waals surface area contributed by atoms with Gasteiger partial charge in [0.05, 0.1) is 7.11 Å². The second kappa shape index (κ2) is 3.96. The molecule has 1 heterocycles. The molecule has 1 aliphatic rings. The molecule has 1 atom stereocenters. The van der Waals surface area contributed by atoms with E-state index in [0.717, 1.165) is 24.9 Å². The predicted octanol–water partition coefficient (Wildman–Crippen LogP) is 2.26. The minimum absolute atomic E-state index is 0.229. The first kappa shape index (κ1) is 9.46. The van der Waals surface area contributed by atoms with E-state index in [1.807, 2.05) is 6.07 Å². The van der Waals surface area contributed by atoms with E-state index in [1.54, 1.807) is 13.2 Å². The van der Waals surface area contributed by atoms with Crippen LogP contribution in [0.3, 0.4) is 0 Å². The van der Waals surface area contributed by atoms with E-state index in [9.17, 15) is 4.39 Å². The van der Waals surface area contributed by atoms with Gasteiger partial charge in [-0.2, -0.15) is 0 Å². The molecular formula is C11H14FNO. The number of methoxy groups -OCH3 is 1. The lowest BCUT2D eigenvalue weighted by Gasteiger charge is -2.11. The molecule has 1 N–H and O–H groups in total. The molecular weight excluding hydrogens is 181 g/mol. The first-order valence-electron chi connectivity index (χ1n) is 4.87. The first-order valence-corrected chi connectivity index (χ1v) is 4.87. The molecule has 1 aromatic rings. The van der Waals surface area contributed by atoms with Crippen LogP contribution in [0.15, 0.2) is 18.2 Å². The molecule has 1 fully saturated rings. The van der Waals surface area contributed by atoms with Gasteiger partial charge in [0.15, 0.2) is 0 Å². The van der Waals surface area contributed by atoms with E-state index in [2.05, 4.69) is 5.32 Å². The summed E-state index contributed by atoms with van der Waals surface area (Å²) >= 11 is 0. The molecule has 76 valence electrons. The number of benzene rings is 1. The molecule has 0 aromatic heterocycles. The van der Waals surface area contributed by atoms with Crippen molar-refractivity contribution < 1.29 is 9.13 Å². The molecule has 0 spiro atoms. The molecule has 0 amide bonds. The summed E-state index contributed by atoms with van der Waals surface area (Å²) in [6.07, 6.45) is 2.23. The second-order valence-corrected chi connectivity index (χ2v) is 3.57. The first-order chi connectivity index (χ1) is 6.79. The highest BCUT2D eigenvalue weighted by Gasteiger charge is 2.17. The molecule has 1 aromatic carbocycles. The molecule has 0 saturated carbocycles. The average molecular weight is 195 g/mol. The number of hydrogen-bond donors (Lipinski definition) is 1. The standard InChI is InChI=1S/C11H14FNO/c1-14-10-6-8(5-9(12)7-10)11-3-2-4-13-11/h5-7,11,13H,2-4H2,1H3/t11-/m0/s1. The maximum atomic E-state index is 13.2. The van der Waals surface area contributed by atoms with Crippen molar-refractivity contribution in [1.29, 1.82) is 0 Å². The Morgan fingerprint density at radius 2 is 2.29 bits per heavy atom. The van der Waals surface area contributed by atoms with Crippen molar-refractivity contribution >= 4 is 0 Å². The summed E-state index contributed by atoms with van der Waals surface area (Å²) in [4.78, 5) is 0. The van der Waals surface area contributed by atoms with Crippen LogP contribution in [0.5, 0.6) is 5.75 Å². The Bertz CT molecular complexity index is 321. The molecule has 1 saturated heterocycles. The summed E-state index contributed by atoms with van der Waals surface area (Å²) in [5.41, 5.74) is 0.986. The van der Waals surface area contributed by atoms with E-state index in [4.69, 9.17) is 4.74 Å². The second-order valence-electron chi connectivity index (χ2n) is 3.57. The third-order valence-corrected chi connectivity index (χ3v) is 2.59. The molecule has 0 bridgehead atoms. The predicted molar refractivity (Wildman–Crippen MR) is 52.9 cm³/mol. The molecule has 0 aliphatic carbocycles. The van der Waals surface area contributed by atoms with E-state index in [-0.39, 0.29) is 5.82 Å². The van der Waals surface area contributed by atoms with Crippen molar-refractivity contribution in [1.82, 2.24) is 5.32 Å². The number of hydrogen-bond acceptors (Lipinski definition) is 2. The Labute approximate surface area is 83.1 Å². The SMILES string of the molecule is COc1cc(F)cc([C@@H]2CCCN2)c1. The van der Waals surface area contributed by atoms with Gasteiger partial charge in [-0.25, -0.2) is 4.39 Å². The van der Waals surface area contributed by atoms with Gasteiger partial charge in [0.1, 0.15) is 11.6 Å². The van der Waals surface area contributed by atoms with Crippen LogP contribution in [0.1, 0.15) is 24.4 Å². The number of nitrogens with one attached hydrogen (secondary N) is 1. The quantitative estimate of drug-likeness (QED) is 0.781. The Balaban J connectivity index is 2.27. The van der Waals surface area contributed by atoms with Crippen LogP contribution in [0, 0.1) is 5.82 Å². The van der Waals surface area contributed by atoms with Crippen molar-refractivity contribution in [3.8, 4) is 5.75 Å². The molecule has 0 unspecified atom stereocenters. The van der Waals surface area contributed by atoms with Crippen LogP contribution in [0.4, 0.5) is 4.39 Å². The van der Waals surface area contributed by atoms with E-state index >= 15 is 0 Å². The fourth-order valence-corrected chi connectivity index (χ4v) is 1.87. The van der Waals surface area contributed by atoms with Crippen LogP contribution in [0.25, 0.3) is 0 Å². The maximum absolute atomic E-state index is 13.2. The molecule has 1 aliphatic heterocycles. The zero-order valence-corrected chi connectivity index (χ0v) is 8.22. The lowest BCUT2D eigenvalue weighted by atomic mass is 10.1. The maximum Gasteiger partial charge on any atom is 0.127 e.